The number of carbonyl (C=O) groups is 1. The second kappa shape index (κ2) is 9.02. The van der Waals surface area contributed by atoms with E-state index >= 15 is 0 Å². The summed E-state index contributed by atoms with van der Waals surface area (Å²) < 4.78 is 35.6. The van der Waals surface area contributed by atoms with Crippen LogP contribution < -0.4 is 19.3 Å². The van der Waals surface area contributed by atoms with Crippen LogP contribution in [0.1, 0.15) is 0 Å². The van der Waals surface area contributed by atoms with Crippen LogP contribution in [0.4, 0.5) is 5.69 Å². The van der Waals surface area contributed by atoms with Crippen molar-refractivity contribution in [2.24, 2.45) is 0 Å². The van der Waals surface area contributed by atoms with Crippen LogP contribution in [0, 0.1) is 0 Å². The van der Waals surface area contributed by atoms with Crippen LogP contribution in [0.5, 0.6) is 5.75 Å². The first kappa shape index (κ1) is 19.5. The lowest BCUT2D eigenvalue weighted by molar-refractivity contribution is -0.906. The molecule has 0 unspecified atom stereocenters. The van der Waals surface area contributed by atoms with Gasteiger partial charge >= 0.3 is 0 Å². The molecule has 140 valence electrons. The average Bonchev–Trinajstić information content (AvgIpc) is 2.59. The van der Waals surface area contributed by atoms with E-state index in [0.717, 1.165) is 43.4 Å². The van der Waals surface area contributed by atoms with Gasteiger partial charge in [-0.2, -0.15) is 0 Å². The highest BCUT2D eigenvalue weighted by Crippen LogP contribution is 2.22. The lowest BCUT2D eigenvalue weighted by Gasteiger charge is -2.24. The highest BCUT2D eigenvalue weighted by Gasteiger charge is 2.21. The molecule has 1 aliphatic rings. The van der Waals surface area contributed by atoms with Crippen LogP contribution in [0.15, 0.2) is 24.3 Å². The van der Waals surface area contributed by atoms with Gasteiger partial charge in [0.15, 0.2) is 0 Å². The molecule has 1 aromatic rings. The maximum absolute atomic E-state index is 12.2. The third-order valence-electron chi connectivity index (χ3n) is 4.03. The van der Waals surface area contributed by atoms with Gasteiger partial charge in [-0.1, -0.05) is 6.07 Å². The van der Waals surface area contributed by atoms with E-state index in [2.05, 4.69) is 5.32 Å². The monoisotopic (exact) mass is 372 g/mol. The van der Waals surface area contributed by atoms with Gasteiger partial charge in [-0.25, -0.2) is 8.42 Å². The molecule has 1 saturated heterocycles. The largest absolute Gasteiger partial charge is 0.497 e. The Morgan fingerprint density at radius 1 is 1.36 bits per heavy atom. The Balaban J connectivity index is 1.93. The number of benzene rings is 1. The number of quaternary nitrogens is 1. The number of sulfonamides is 1. The van der Waals surface area contributed by atoms with Gasteiger partial charge in [-0.05, 0) is 12.1 Å². The Morgan fingerprint density at radius 2 is 2.08 bits per heavy atom. The van der Waals surface area contributed by atoms with Gasteiger partial charge in [0.05, 0.1) is 45.4 Å². The molecule has 0 bridgehead atoms. The first-order valence-electron chi connectivity index (χ1n) is 8.20. The number of amides is 1. The van der Waals surface area contributed by atoms with Crippen LogP contribution in [0.25, 0.3) is 0 Å². The molecule has 25 heavy (non-hydrogen) atoms. The molecule has 2 N–H and O–H groups in total. The summed E-state index contributed by atoms with van der Waals surface area (Å²) in [7, 11) is -2.08. The molecule has 1 fully saturated rings. The van der Waals surface area contributed by atoms with Gasteiger partial charge in [0.25, 0.3) is 0 Å². The quantitative estimate of drug-likeness (QED) is 0.579. The van der Waals surface area contributed by atoms with Crippen LogP contribution >= 0.6 is 0 Å². The number of methoxy groups -OCH3 is 1. The normalized spacial score (nSPS) is 15.6. The minimum atomic E-state index is -3.59. The van der Waals surface area contributed by atoms with Crippen LogP contribution in [0.2, 0.25) is 0 Å². The van der Waals surface area contributed by atoms with E-state index in [1.54, 1.807) is 24.3 Å². The Hall–Kier alpha value is -1.84. The molecule has 2 rings (SSSR count). The molecule has 9 heteroatoms. The fourth-order valence-corrected chi connectivity index (χ4v) is 3.49. The van der Waals surface area contributed by atoms with Gasteiger partial charge in [0.2, 0.25) is 15.9 Å². The number of nitrogens with zero attached hydrogens (tertiary/aromatic N) is 1. The fourth-order valence-electron chi connectivity index (χ4n) is 2.64. The SMILES string of the molecule is COc1cccc(N(CC(=O)NCC[NH+]2CCOCC2)S(C)(=O)=O)c1. The highest BCUT2D eigenvalue weighted by molar-refractivity contribution is 7.92. The first-order chi connectivity index (χ1) is 11.9. The molecular formula is C16H26N3O5S+. The van der Waals surface area contributed by atoms with Gasteiger partial charge < -0.3 is 19.7 Å². The number of carbonyl (C=O) groups excluding carboxylic acids is 1. The lowest BCUT2D eigenvalue weighted by Crippen LogP contribution is -3.14. The van der Waals surface area contributed by atoms with E-state index in [1.807, 2.05) is 0 Å². The molecule has 0 spiro atoms. The summed E-state index contributed by atoms with van der Waals surface area (Å²) in [6, 6.07) is 6.63. The molecule has 1 amide bonds. The van der Waals surface area contributed by atoms with Crippen molar-refractivity contribution in [2.75, 3.05) is 63.6 Å². The van der Waals surface area contributed by atoms with Gasteiger partial charge in [-0.3, -0.25) is 9.10 Å². The van der Waals surface area contributed by atoms with E-state index in [9.17, 15) is 13.2 Å². The number of hydrogen-bond donors (Lipinski definition) is 2. The molecule has 0 saturated carbocycles. The van der Waals surface area contributed by atoms with Crippen LogP contribution in [0.3, 0.4) is 0 Å². The third kappa shape index (κ3) is 6.18. The Morgan fingerprint density at radius 3 is 2.72 bits per heavy atom. The number of nitrogens with one attached hydrogen (secondary N) is 2. The van der Waals surface area contributed by atoms with Crippen molar-refractivity contribution < 1.29 is 27.6 Å². The predicted molar refractivity (Wildman–Crippen MR) is 94.6 cm³/mol. The van der Waals surface area contributed by atoms with Crippen molar-refractivity contribution in [2.45, 2.75) is 0 Å². The van der Waals surface area contributed by atoms with Gasteiger partial charge in [0.1, 0.15) is 25.4 Å². The lowest BCUT2D eigenvalue weighted by atomic mass is 10.3. The molecule has 0 atom stereocenters. The minimum absolute atomic E-state index is 0.259. The summed E-state index contributed by atoms with van der Waals surface area (Å²) in [6.45, 7) is 4.37. The predicted octanol–water partition coefficient (Wildman–Crippen LogP) is -1.51. The van der Waals surface area contributed by atoms with Crippen molar-refractivity contribution in [3.8, 4) is 5.75 Å². The van der Waals surface area contributed by atoms with Crippen molar-refractivity contribution in [1.82, 2.24) is 5.32 Å². The molecular weight excluding hydrogens is 346 g/mol. The summed E-state index contributed by atoms with van der Waals surface area (Å²) >= 11 is 0. The summed E-state index contributed by atoms with van der Waals surface area (Å²) in [5.74, 6) is 0.198. The van der Waals surface area contributed by atoms with E-state index in [1.165, 1.54) is 12.0 Å². The Kier molecular flexibility index (Phi) is 7.03. The number of morpholine rings is 1. The van der Waals surface area contributed by atoms with Crippen molar-refractivity contribution in [1.29, 1.82) is 0 Å². The molecule has 0 aliphatic carbocycles. The van der Waals surface area contributed by atoms with E-state index in [4.69, 9.17) is 9.47 Å². The van der Waals surface area contributed by atoms with E-state index in [-0.39, 0.29) is 12.5 Å². The molecule has 1 heterocycles. The van der Waals surface area contributed by atoms with Crippen molar-refractivity contribution in [3.63, 3.8) is 0 Å². The van der Waals surface area contributed by atoms with Gasteiger partial charge in [-0.15, -0.1) is 0 Å². The minimum Gasteiger partial charge on any atom is -0.497 e. The van der Waals surface area contributed by atoms with Gasteiger partial charge in [0, 0.05) is 6.07 Å². The topological polar surface area (TPSA) is 89.4 Å². The molecule has 0 aromatic heterocycles. The summed E-state index contributed by atoms with van der Waals surface area (Å²) in [6.07, 6.45) is 1.08. The zero-order chi connectivity index (χ0) is 18.3. The summed E-state index contributed by atoms with van der Waals surface area (Å²) in [4.78, 5) is 13.6. The fraction of sp³-hybridized carbons (Fsp3) is 0.562. The van der Waals surface area contributed by atoms with E-state index < -0.39 is 10.0 Å². The second-order valence-corrected chi connectivity index (χ2v) is 7.84. The highest BCUT2D eigenvalue weighted by atomic mass is 32.2. The zero-order valence-electron chi connectivity index (χ0n) is 14.7. The third-order valence-corrected chi connectivity index (χ3v) is 5.17. The van der Waals surface area contributed by atoms with E-state index in [0.29, 0.717) is 18.0 Å². The number of ether oxygens (including phenoxy) is 2. The second-order valence-electron chi connectivity index (χ2n) is 5.93. The maximum atomic E-state index is 12.2. The summed E-state index contributed by atoms with van der Waals surface area (Å²) in [5.41, 5.74) is 0.399. The smallest absolute Gasteiger partial charge is 0.240 e. The average molecular weight is 372 g/mol. The van der Waals surface area contributed by atoms with Crippen molar-refractivity contribution in [3.05, 3.63) is 24.3 Å². The van der Waals surface area contributed by atoms with Crippen LogP contribution in [-0.2, 0) is 19.6 Å². The molecule has 8 nitrogen and oxygen atoms in total. The zero-order valence-corrected chi connectivity index (χ0v) is 15.5. The Labute approximate surface area is 148 Å². The molecule has 0 radical (unpaired) electrons. The first-order valence-corrected chi connectivity index (χ1v) is 10.0. The Bertz CT molecular complexity index is 674. The summed E-state index contributed by atoms with van der Waals surface area (Å²) in [5, 5.41) is 2.79. The number of anilines is 1. The number of hydrogen-bond acceptors (Lipinski definition) is 5. The van der Waals surface area contributed by atoms with Crippen LogP contribution in [-0.4, -0.2) is 73.6 Å². The maximum Gasteiger partial charge on any atom is 0.240 e. The van der Waals surface area contributed by atoms with Crippen molar-refractivity contribution >= 4 is 21.6 Å². The molecule has 1 aromatic carbocycles. The molecule has 1 aliphatic heterocycles. The number of rotatable bonds is 8. The standard InChI is InChI=1S/C16H25N3O5S/c1-23-15-5-3-4-14(12-15)19(25(2,21)22)13-16(20)17-6-7-18-8-10-24-11-9-18/h3-5,12H,6-11,13H2,1-2H3,(H,17,20)/p+1.